The van der Waals surface area contributed by atoms with Crippen molar-refractivity contribution >= 4 is 0 Å². The molecule has 0 saturated heterocycles. The average Bonchev–Trinajstić information content (AvgIpc) is 2.07. The van der Waals surface area contributed by atoms with Gasteiger partial charge in [0.15, 0.2) is 6.10 Å². The lowest BCUT2D eigenvalue weighted by molar-refractivity contribution is -0.251. The Labute approximate surface area is 92.4 Å². The van der Waals surface area contributed by atoms with Gasteiger partial charge in [-0.1, -0.05) is 12.0 Å². The van der Waals surface area contributed by atoms with Crippen LogP contribution in [0.2, 0.25) is 0 Å². The Kier molecular flexibility index (Phi) is 5.09. The molecule has 0 aliphatic rings. The first kappa shape index (κ1) is 15.1. The van der Waals surface area contributed by atoms with Gasteiger partial charge in [-0.05, 0) is 32.7 Å². The topological polar surface area (TPSA) is 58.0 Å². The molecular weight excluding hydrogens is 223 g/mol. The Morgan fingerprint density at radius 3 is 2.06 bits per heavy atom. The second-order valence-corrected chi connectivity index (χ2v) is 4.37. The van der Waals surface area contributed by atoms with Gasteiger partial charge in [0, 0.05) is 4.91 Å². The van der Waals surface area contributed by atoms with Crippen LogP contribution in [0.3, 0.4) is 0 Å². The van der Waals surface area contributed by atoms with E-state index in [1.165, 1.54) is 27.7 Å². The molecule has 7 heteroatoms. The number of hydrogen-bond donors (Lipinski definition) is 0. The zero-order valence-corrected chi connectivity index (χ0v) is 9.75. The number of nitrogens with zero attached hydrogens (tertiary/aromatic N) is 3. The monoisotopic (exact) mass is 239 g/mol. The molecule has 0 unspecified atom stereocenters. The van der Waals surface area contributed by atoms with Gasteiger partial charge in [0.1, 0.15) is 0 Å². The Balaban J connectivity index is 5.00. The summed E-state index contributed by atoms with van der Waals surface area (Å²) < 4.78 is 43.0. The Morgan fingerprint density at radius 2 is 1.81 bits per heavy atom. The highest BCUT2D eigenvalue weighted by atomic mass is 19.4. The first-order valence-electron chi connectivity index (χ1n) is 4.90. The van der Waals surface area contributed by atoms with E-state index in [0.29, 0.717) is 0 Å². The molecule has 16 heavy (non-hydrogen) atoms. The first-order valence-corrected chi connectivity index (χ1v) is 4.90. The molecule has 94 valence electrons. The van der Waals surface area contributed by atoms with E-state index in [0.717, 1.165) is 0 Å². The van der Waals surface area contributed by atoms with Crippen molar-refractivity contribution in [2.45, 2.75) is 58.0 Å². The molecule has 0 amide bonds. The van der Waals surface area contributed by atoms with Crippen molar-refractivity contribution in [3.63, 3.8) is 0 Å². The second kappa shape index (κ2) is 5.41. The number of azide groups is 1. The van der Waals surface area contributed by atoms with E-state index in [2.05, 4.69) is 10.0 Å². The molecule has 0 bridgehead atoms. The molecule has 0 aromatic carbocycles. The number of hydrogen-bond acceptors (Lipinski definition) is 2. The number of ether oxygens (including phenoxy) is 1. The van der Waals surface area contributed by atoms with E-state index in [1.54, 1.807) is 0 Å². The highest BCUT2D eigenvalue weighted by Gasteiger charge is 2.46. The molecule has 4 nitrogen and oxygen atoms in total. The van der Waals surface area contributed by atoms with E-state index in [4.69, 9.17) is 10.3 Å². The third kappa shape index (κ3) is 5.23. The summed E-state index contributed by atoms with van der Waals surface area (Å²) >= 11 is 0. The molecule has 0 spiro atoms. The van der Waals surface area contributed by atoms with Crippen LogP contribution in [0.1, 0.15) is 34.1 Å². The minimum Gasteiger partial charge on any atom is -0.363 e. The molecule has 0 aromatic heterocycles. The molecular formula is C9H16F3N3O. The lowest BCUT2D eigenvalue weighted by atomic mass is 10.1. The zero-order valence-electron chi connectivity index (χ0n) is 9.75. The molecule has 0 rings (SSSR count). The third-order valence-electron chi connectivity index (χ3n) is 1.77. The predicted octanol–water partition coefficient (Wildman–Crippen LogP) is 3.82. The number of rotatable bonds is 4. The van der Waals surface area contributed by atoms with E-state index in [1.807, 2.05) is 0 Å². The van der Waals surface area contributed by atoms with Crippen LogP contribution in [0, 0.1) is 0 Å². The summed E-state index contributed by atoms with van der Waals surface area (Å²) in [5.74, 6) is 0. The molecule has 0 aromatic rings. The predicted molar refractivity (Wildman–Crippen MR) is 53.9 cm³/mol. The smallest absolute Gasteiger partial charge is 0.363 e. The average molecular weight is 239 g/mol. The quantitative estimate of drug-likeness (QED) is 0.418. The lowest BCUT2D eigenvalue weighted by Gasteiger charge is -2.32. The van der Waals surface area contributed by atoms with Crippen LogP contribution >= 0.6 is 0 Å². The van der Waals surface area contributed by atoms with E-state index in [-0.39, 0.29) is 6.42 Å². The van der Waals surface area contributed by atoms with Crippen molar-refractivity contribution in [2.24, 2.45) is 5.11 Å². The van der Waals surface area contributed by atoms with Gasteiger partial charge in [-0.3, -0.25) is 0 Å². The van der Waals surface area contributed by atoms with Gasteiger partial charge in [-0.2, -0.15) is 13.2 Å². The maximum absolute atomic E-state index is 12.7. The van der Waals surface area contributed by atoms with Crippen molar-refractivity contribution in [3.05, 3.63) is 10.4 Å². The molecule has 0 fully saturated rings. The van der Waals surface area contributed by atoms with Crippen LogP contribution < -0.4 is 0 Å². The summed E-state index contributed by atoms with van der Waals surface area (Å²) in [6, 6.07) is -1.23. The summed E-state index contributed by atoms with van der Waals surface area (Å²) in [4.78, 5) is 2.42. The van der Waals surface area contributed by atoms with Crippen LogP contribution in [0.5, 0.6) is 0 Å². The maximum Gasteiger partial charge on any atom is 0.415 e. The molecule has 0 saturated carbocycles. The van der Waals surface area contributed by atoms with Crippen LogP contribution in [0.15, 0.2) is 5.11 Å². The Morgan fingerprint density at radius 1 is 1.31 bits per heavy atom. The summed E-state index contributed by atoms with van der Waals surface area (Å²) in [6.07, 6.45) is -6.53. The molecule has 0 N–H and O–H groups in total. The maximum atomic E-state index is 12.7. The standard InChI is InChI=1S/C9H16F3N3O/c1-5-6(14-15-13)7(9(10,11)12)16-8(2,3)4/h6-7H,5H2,1-4H3/t6-,7-/m1/s1. The molecule has 0 aliphatic carbocycles. The van der Waals surface area contributed by atoms with Crippen molar-refractivity contribution < 1.29 is 17.9 Å². The zero-order chi connectivity index (χ0) is 13.0. The summed E-state index contributed by atoms with van der Waals surface area (Å²) in [5.41, 5.74) is 7.27. The second-order valence-electron chi connectivity index (χ2n) is 4.37. The fraction of sp³-hybridized carbons (Fsp3) is 1.00. The normalized spacial score (nSPS) is 16.4. The largest absolute Gasteiger partial charge is 0.415 e. The van der Waals surface area contributed by atoms with Crippen molar-refractivity contribution in [1.29, 1.82) is 0 Å². The van der Waals surface area contributed by atoms with Crippen LogP contribution in [-0.4, -0.2) is 23.9 Å². The minimum atomic E-state index is -4.54. The van der Waals surface area contributed by atoms with E-state index < -0.39 is 23.9 Å². The molecule has 2 atom stereocenters. The lowest BCUT2D eigenvalue weighted by Crippen LogP contribution is -2.45. The number of halogens is 3. The van der Waals surface area contributed by atoms with Gasteiger partial charge in [-0.25, -0.2) is 0 Å². The van der Waals surface area contributed by atoms with Gasteiger partial charge in [-0.15, -0.1) is 0 Å². The van der Waals surface area contributed by atoms with Gasteiger partial charge in [0.05, 0.1) is 11.6 Å². The van der Waals surface area contributed by atoms with Crippen LogP contribution in [-0.2, 0) is 4.74 Å². The van der Waals surface area contributed by atoms with E-state index >= 15 is 0 Å². The number of alkyl halides is 3. The molecule has 0 aliphatic heterocycles. The molecule has 0 heterocycles. The summed E-state index contributed by atoms with van der Waals surface area (Å²) in [6.45, 7) is 6.09. The van der Waals surface area contributed by atoms with Crippen molar-refractivity contribution in [2.75, 3.05) is 0 Å². The van der Waals surface area contributed by atoms with Gasteiger partial charge >= 0.3 is 6.18 Å². The SMILES string of the molecule is CC[C@@H](N=[N+]=[N-])[C@@H](OC(C)(C)C)C(F)(F)F. The molecule has 0 radical (unpaired) electrons. The van der Waals surface area contributed by atoms with Crippen LogP contribution in [0.4, 0.5) is 13.2 Å². The van der Waals surface area contributed by atoms with Gasteiger partial charge in [0.2, 0.25) is 0 Å². The van der Waals surface area contributed by atoms with Crippen LogP contribution in [0.25, 0.3) is 10.4 Å². The highest BCUT2D eigenvalue weighted by molar-refractivity contribution is 4.84. The Hall–Kier alpha value is -0.940. The van der Waals surface area contributed by atoms with E-state index in [9.17, 15) is 13.2 Å². The third-order valence-corrected chi connectivity index (χ3v) is 1.77. The van der Waals surface area contributed by atoms with Crippen molar-refractivity contribution in [3.8, 4) is 0 Å². The van der Waals surface area contributed by atoms with Gasteiger partial charge in [0.25, 0.3) is 0 Å². The minimum absolute atomic E-state index is 0.0737. The highest BCUT2D eigenvalue weighted by Crippen LogP contribution is 2.31. The Bertz CT molecular complexity index is 266. The van der Waals surface area contributed by atoms with Gasteiger partial charge < -0.3 is 4.74 Å². The summed E-state index contributed by atoms with van der Waals surface area (Å²) in [7, 11) is 0. The summed E-state index contributed by atoms with van der Waals surface area (Å²) in [5, 5.41) is 3.13. The van der Waals surface area contributed by atoms with Crippen molar-refractivity contribution in [1.82, 2.24) is 0 Å². The first-order chi connectivity index (χ1) is 7.11. The fourth-order valence-corrected chi connectivity index (χ4v) is 1.17. The fourth-order valence-electron chi connectivity index (χ4n) is 1.17.